The van der Waals surface area contributed by atoms with Crippen molar-refractivity contribution in [2.24, 2.45) is 0 Å². The number of hydrogen-bond acceptors (Lipinski definition) is 2. The number of carbonyl (C=O) groups is 1. The summed E-state index contributed by atoms with van der Waals surface area (Å²) in [5.41, 5.74) is 1.83. The van der Waals surface area contributed by atoms with Crippen LogP contribution in [0.1, 0.15) is 11.3 Å². The first-order valence-corrected chi connectivity index (χ1v) is 6.93. The lowest BCUT2D eigenvalue weighted by Gasteiger charge is -2.03. The lowest BCUT2D eigenvalue weighted by atomic mass is 10.1. The third kappa shape index (κ3) is 1.91. The number of nitrogens with one attached hydrogen (secondary N) is 1. The molecule has 102 valence electrons. The molecule has 0 bridgehead atoms. The van der Waals surface area contributed by atoms with Crippen LogP contribution >= 0.6 is 22.6 Å². The average molecular weight is 384 g/mol. The van der Waals surface area contributed by atoms with Gasteiger partial charge in [-0.1, -0.05) is 10.5 Å². The molecule has 0 saturated carbocycles. The van der Waals surface area contributed by atoms with E-state index in [4.69, 9.17) is 4.74 Å². The van der Waals surface area contributed by atoms with Crippen LogP contribution in [0.2, 0.25) is 0 Å². The first kappa shape index (κ1) is 13.2. The highest BCUT2D eigenvalue weighted by Crippen LogP contribution is 2.41. The van der Waals surface area contributed by atoms with Gasteiger partial charge in [-0.2, -0.15) is 0 Å². The van der Waals surface area contributed by atoms with E-state index in [-0.39, 0.29) is 10.8 Å². The fourth-order valence-electron chi connectivity index (χ4n) is 2.20. The average Bonchev–Trinajstić information content (AvgIpc) is 2.99. The fraction of sp³-hybridized carbons (Fsp3) is 0.0714. The van der Waals surface area contributed by atoms with Crippen LogP contribution in [0, 0.1) is 3.57 Å². The van der Waals surface area contributed by atoms with Crippen molar-refractivity contribution in [3.05, 3.63) is 45.3 Å². The molecule has 0 spiro atoms. The summed E-state index contributed by atoms with van der Waals surface area (Å²) in [6.45, 7) is 0. The van der Waals surface area contributed by atoms with Gasteiger partial charge in [-0.3, -0.25) is 4.79 Å². The van der Waals surface area contributed by atoms with Gasteiger partial charge in [0.15, 0.2) is 0 Å². The molecule has 1 aromatic heterocycles. The second kappa shape index (κ2) is 4.93. The number of fused-ring (bicyclic) bond motifs is 1. The Balaban J connectivity index is 2.19. The van der Waals surface area contributed by atoms with Crippen molar-refractivity contribution in [1.29, 1.82) is 0 Å². The Labute approximate surface area is 128 Å². The van der Waals surface area contributed by atoms with E-state index in [0.717, 1.165) is 3.57 Å². The van der Waals surface area contributed by atoms with E-state index in [1.807, 2.05) is 6.07 Å². The van der Waals surface area contributed by atoms with Crippen LogP contribution in [0.4, 0.5) is 10.2 Å². The van der Waals surface area contributed by atoms with Crippen LogP contribution in [0.15, 0.2) is 30.5 Å². The molecule has 3 rings (SSSR count). The maximum absolute atomic E-state index is 13.9. The van der Waals surface area contributed by atoms with Gasteiger partial charge in [-0.15, -0.1) is 5.12 Å². The maximum Gasteiger partial charge on any atom is 0.287 e. The van der Waals surface area contributed by atoms with Gasteiger partial charge in [-0.05, 0) is 46.9 Å². The number of ether oxygens (including phenoxy) is 1. The zero-order valence-electron chi connectivity index (χ0n) is 10.5. The van der Waals surface area contributed by atoms with Gasteiger partial charge >= 0.3 is 0 Å². The van der Waals surface area contributed by atoms with Crippen molar-refractivity contribution in [1.82, 2.24) is 4.98 Å². The number of aromatic nitrogens is 1. The molecule has 1 aliphatic heterocycles. The Morgan fingerprint density at radius 1 is 1.40 bits per heavy atom. The van der Waals surface area contributed by atoms with Gasteiger partial charge in [0.05, 0.1) is 24.1 Å². The Hall–Kier alpha value is -1.83. The number of hydrogen-bond donors (Lipinski definition) is 1. The predicted octanol–water partition coefficient (Wildman–Crippen LogP) is 3.40. The number of carbonyl (C=O) groups excluding carboxylic acids is 1. The van der Waals surface area contributed by atoms with Crippen molar-refractivity contribution < 1.29 is 14.0 Å². The number of benzene rings is 1. The standard InChI is InChI=1S/C14H10FIN2O2/c1-20-12-5-6-17-10(12)7-8-13-9(16)3-2-4-11(13)18(15)14(8)19/h2-7,17H,1H3. The third-order valence-electron chi connectivity index (χ3n) is 3.13. The maximum atomic E-state index is 13.9. The first-order valence-electron chi connectivity index (χ1n) is 5.85. The molecule has 2 aromatic rings. The molecule has 0 saturated heterocycles. The smallest absolute Gasteiger partial charge is 0.287 e. The topological polar surface area (TPSA) is 45.3 Å². The summed E-state index contributed by atoms with van der Waals surface area (Å²) in [6, 6.07) is 6.89. The second-order valence-corrected chi connectivity index (χ2v) is 5.40. The summed E-state index contributed by atoms with van der Waals surface area (Å²) in [4.78, 5) is 15.0. The molecule has 0 radical (unpaired) electrons. The number of halogens is 2. The fourth-order valence-corrected chi connectivity index (χ4v) is 2.98. The van der Waals surface area contributed by atoms with E-state index >= 15 is 0 Å². The highest BCUT2D eigenvalue weighted by atomic mass is 127. The largest absolute Gasteiger partial charge is 0.495 e. The molecular weight excluding hydrogens is 374 g/mol. The molecule has 0 atom stereocenters. The summed E-state index contributed by atoms with van der Waals surface area (Å²) >= 11 is 2.09. The van der Waals surface area contributed by atoms with Gasteiger partial charge in [-0.25, -0.2) is 0 Å². The Morgan fingerprint density at radius 2 is 2.20 bits per heavy atom. The molecule has 0 fully saturated rings. The molecule has 6 heteroatoms. The third-order valence-corrected chi connectivity index (χ3v) is 4.03. The van der Waals surface area contributed by atoms with Crippen molar-refractivity contribution >= 4 is 45.8 Å². The summed E-state index contributed by atoms with van der Waals surface area (Å²) in [5.74, 6) is -0.0594. The van der Waals surface area contributed by atoms with Crippen LogP contribution in [-0.4, -0.2) is 18.0 Å². The zero-order chi connectivity index (χ0) is 14.3. The quantitative estimate of drug-likeness (QED) is 0.490. The number of H-pyrrole nitrogens is 1. The van der Waals surface area contributed by atoms with Gasteiger partial charge in [0.2, 0.25) is 0 Å². The number of rotatable bonds is 2. The van der Waals surface area contributed by atoms with E-state index in [0.29, 0.717) is 22.6 Å². The lowest BCUT2D eigenvalue weighted by molar-refractivity contribution is -0.115. The number of amides is 1. The Kier molecular flexibility index (Phi) is 3.25. The summed E-state index contributed by atoms with van der Waals surface area (Å²) < 4.78 is 20.0. The number of nitrogens with zero attached hydrogens (tertiary/aromatic N) is 1. The second-order valence-electron chi connectivity index (χ2n) is 4.24. The monoisotopic (exact) mass is 384 g/mol. The van der Waals surface area contributed by atoms with Crippen molar-refractivity contribution in [3.63, 3.8) is 0 Å². The lowest BCUT2D eigenvalue weighted by Crippen LogP contribution is -2.15. The summed E-state index contributed by atoms with van der Waals surface area (Å²) in [6.07, 6.45) is 3.32. The Bertz CT molecular complexity index is 724. The van der Waals surface area contributed by atoms with E-state index < -0.39 is 5.91 Å². The van der Waals surface area contributed by atoms with E-state index in [1.54, 1.807) is 37.6 Å². The van der Waals surface area contributed by atoms with Crippen LogP contribution < -0.4 is 9.86 Å². The van der Waals surface area contributed by atoms with E-state index in [1.165, 1.54) is 0 Å². The molecule has 20 heavy (non-hydrogen) atoms. The van der Waals surface area contributed by atoms with Crippen LogP contribution in [0.25, 0.3) is 11.6 Å². The molecule has 1 amide bonds. The van der Waals surface area contributed by atoms with Crippen LogP contribution in [0.3, 0.4) is 0 Å². The van der Waals surface area contributed by atoms with Crippen LogP contribution in [-0.2, 0) is 4.79 Å². The minimum atomic E-state index is -0.666. The Morgan fingerprint density at radius 3 is 2.95 bits per heavy atom. The molecule has 1 aliphatic rings. The molecule has 2 heterocycles. The molecule has 0 unspecified atom stereocenters. The number of aromatic amines is 1. The first-order chi connectivity index (χ1) is 9.63. The van der Waals surface area contributed by atoms with E-state index in [2.05, 4.69) is 27.6 Å². The SMILES string of the molecule is COc1cc[nH]c1C=C1C(=O)N(F)c2cccc(I)c21. The highest BCUT2D eigenvalue weighted by molar-refractivity contribution is 14.1. The number of methoxy groups -OCH3 is 1. The highest BCUT2D eigenvalue weighted by Gasteiger charge is 2.34. The summed E-state index contributed by atoms with van der Waals surface area (Å²) in [5, 5.41) is 0.179. The molecule has 1 aromatic carbocycles. The predicted molar refractivity (Wildman–Crippen MR) is 83.0 cm³/mol. The van der Waals surface area contributed by atoms with Crippen molar-refractivity contribution in [2.75, 3.05) is 12.2 Å². The van der Waals surface area contributed by atoms with Gasteiger partial charge in [0, 0.05) is 15.3 Å². The minimum absolute atomic E-state index is 0.179. The molecule has 0 aliphatic carbocycles. The summed E-state index contributed by atoms with van der Waals surface area (Å²) in [7, 11) is 1.54. The van der Waals surface area contributed by atoms with Crippen molar-refractivity contribution in [2.45, 2.75) is 0 Å². The van der Waals surface area contributed by atoms with Crippen LogP contribution in [0.5, 0.6) is 5.75 Å². The number of anilines is 1. The van der Waals surface area contributed by atoms with Gasteiger partial charge in [0.25, 0.3) is 5.91 Å². The van der Waals surface area contributed by atoms with E-state index in [9.17, 15) is 9.28 Å². The normalized spacial score (nSPS) is 15.8. The van der Waals surface area contributed by atoms with Gasteiger partial charge in [0.1, 0.15) is 5.75 Å². The minimum Gasteiger partial charge on any atom is -0.495 e. The molecule has 1 N–H and O–H groups in total. The van der Waals surface area contributed by atoms with Gasteiger partial charge < -0.3 is 9.72 Å². The molecular formula is C14H10FIN2O2. The van der Waals surface area contributed by atoms with Crippen molar-refractivity contribution in [3.8, 4) is 5.75 Å². The molecule has 4 nitrogen and oxygen atoms in total. The zero-order valence-corrected chi connectivity index (χ0v) is 12.6.